The van der Waals surface area contributed by atoms with Crippen molar-refractivity contribution in [2.75, 3.05) is 6.54 Å². The molecule has 0 saturated heterocycles. The normalized spacial score (nSPS) is 14.5. The summed E-state index contributed by atoms with van der Waals surface area (Å²) in [6.07, 6.45) is 0.558. The van der Waals surface area contributed by atoms with Crippen molar-refractivity contribution in [1.29, 1.82) is 0 Å². The van der Waals surface area contributed by atoms with Crippen LogP contribution in [0.1, 0.15) is 22.4 Å². The van der Waals surface area contributed by atoms with Gasteiger partial charge in [0.1, 0.15) is 0 Å². The summed E-state index contributed by atoms with van der Waals surface area (Å²) in [7, 11) is -1.79. The van der Waals surface area contributed by atoms with Crippen LogP contribution in [0.25, 0.3) is 23.0 Å². The molecule has 1 aliphatic heterocycles. The molecule has 2 aromatic carbocycles. The van der Waals surface area contributed by atoms with Crippen LogP contribution in [-0.2, 0) is 30.0 Å². The van der Waals surface area contributed by atoms with Gasteiger partial charge in [-0.05, 0) is 37.6 Å². The molecule has 8 nitrogen and oxygen atoms in total. The summed E-state index contributed by atoms with van der Waals surface area (Å²) in [6.45, 7) is 4.42. The van der Waals surface area contributed by atoms with E-state index in [1.54, 1.807) is 16.8 Å². The van der Waals surface area contributed by atoms with Crippen LogP contribution >= 0.6 is 0 Å². The number of hydrogen-bond acceptors (Lipinski definition) is 6. The van der Waals surface area contributed by atoms with Gasteiger partial charge < -0.3 is 4.42 Å². The Hall–Kier alpha value is -3.30. The van der Waals surface area contributed by atoms with Crippen molar-refractivity contribution >= 4 is 10.0 Å². The molecule has 0 atom stereocenters. The molecule has 9 heteroatoms. The summed E-state index contributed by atoms with van der Waals surface area (Å²) < 4.78 is 35.9. The number of nitrogens with zero attached hydrogens (tertiary/aromatic N) is 5. The highest BCUT2D eigenvalue weighted by atomic mass is 32.2. The Morgan fingerprint density at radius 2 is 1.69 bits per heavy atom. The van der Waals surface area contributed by atoms with Gasteiger partial charge in [0.2, 0.25) is 15.9 Å². The molecule has 0 N–H and O–H groups in total. The number of hydrogen-bond donors (Lipinski definition) is 0. The summed E-state index contributed by atoms with van der Waals surface area (Å²) in [5, 5.41) is 13.0. The van der Waals surface area contributed by atoms with Crippen LogP contribution < -0.4 is 0 Å². The summed E-state index contributed by atoms with van der Waals surface area (Å²) in [6, 6.07) is 14.9. The van der Waals surface area contributed by atoms with E-state index >= 15 is 0 Å². The van der Waals surface area contributed by atoms with Crippen LogP contribution in [0, 0.1) is 13.8 Å². The fourth-order valence-corrected chi connectivity index (χ4v) is 5.70. The second-order valence-corrected chi connectivity index (χ2v) is 9.94. The van der Waals surface area contributed by atoms with Gasteiger partial charge in [-0.15, -0.1) is 10.2 Å². The van der Waals surface area contributed by atoms with Crippen molar-refractivity contribution in [1.82, 2.24) is 24.3 Å². The monoisotopic (exact) mass is 449 g/mol. The number of benzene rings is 2. The molecular formula is C23H23N5O3S. The number of aromatic nitrogens is 4. The van der Waals surface area contributed by atoms with Gasteiger partial charge in [0.25, 0.3) is 5.89 Å². The minimum absolute atomic E-state index is 0.206. The molecule has 0 saturated carbocycles. The first kappa shape index (κ1) is 20.6. The van der Waals surface area contributed by atoms with Crippen LogP contribution in [0.3, 0.4) is 0 Å². The Balaban J connectivity index is 1.51. The van der Waals surface area contributed by atoms with E-state index in [4.69, 9.17) is 4.42 Å². The summed E-state index contributed by atoms with van der Waals surface area (Å²) in [5.41, 5.74) is 4.99. The molecule has 0 spiro atoms. The highest BCUT2D eigenvalue weighted by Crippen LogP contribution is 2.33. The molecule has 0 radical (unpaired) electrons. The average Bonchev–Trinajstić information content (AvgIpc) is 3.39. The van der Waals surface area contributed by atoms with E-state index < -0.39 is 10.0 Å². The quantitative estimate of drug-likeness (QED) is 0.473. The first-order chi connectivity index (χ1) is 15.3. The predicted molar refractivity (Wildman–Crippen MR) is 119 cm³/mol. The molecule has 2 aromatic heterocycles. The van der Waals surface area contributed by atoms with Gasteiger partial charge in [-0.3, -0.25) is 4.68 Å². The number of fused-ring (bicyclic) bond motifs is 1. The van der Waals surface area contributed by atoms with Gasteiger partial charge in [0.15, 0.2) is 5.69 Å². The number of sulfonamides is 1. The smallest absolute Gasteiger partial charge is 0.268 e. The second-order valence-electron chi connectivity index (χ2n) is 8.03. The topological polar surface area (TPSA) is 94.1 Å². The van der Waals surface area contributed by atoms with Crippen molar-refractivity contribution in [2.24, 2.45) is 7.05 Å². The van der Waals surface area contributed by atoms with E-state index in [1.165, 1.54) is 4.31 Å². The highest BCUT2D eigenvalue weighted by Gasteiger charge is 2.34. The Kier molecular flexibility index (Phi) is 4.94. The van der Waals surface area contributed by atoms with Gasteiger partial charge in [-0.2, -0.15) is 9.40 Å². The van der Waals surface area contributed by atoms with Crippen LogP contribution in [0.4, 0.5) is 0 Å². The zero-order valence-electron chi connectivity index (χ0n) is 18.1. The van der Waals surface area contributed by atoms with E-state index in [0.717, 1.165) is 27.9 Å². The van der Waals surface area contributed by atoms with E-state index in [1.807, 2.05) is 57.3 Å². The molecule has 0 aliphatic carbocycles. The second kappa shape index (κ2) is 7.68. The largest absolute Gasteiger partial charge is 0.415 e. The van der Waals surface area contributed by atoms with Crippen molar-refractivity contribution in [3.05, 3.63) is 70.9 Å². The number of aryl methyl sites for hydroxylation is 3. The van der Waals surface area contributed by atoms with Crippen molar-refractivity contribution in [2.45, 2.75) is 31.7 Å². The first-order valence-corrected chi connectivity index (χ1v) is 11.8. The third-order valence-corrected chi connectivity index (χ3v) is 7.85. The van der Waals surface area contributed by atoms with Crippen LogP contribution in [0.2, 0.25) is 0 Å². The Bertz CT molecular complexity index is 1400. The predicted octanol–water partition coefficient (Wildman–Crippen LogP) is 3.50. The number of rotatable bonds is 4. The van der Waals surface area contributed by atoms with Gasteiger partial charge >= 0.3 is 0 Å². The lowest BCUT2D eigenvalue weighted by Crippen LogP contribution is -2.36. The third kappa shape index (κ3) is 3.43. The molecule has 0 fully saturated rings. The average molecular weight is 450 g/mol. The van der Waals surface area contributed by atoms with Gasteiger partial charge in [-0.25, -0.2) is 8.42 Å². The molecular weight excluding hydrogens is 426 g/mol. The van der Waals surface area contributed by atoms with E-state index in [0.29, 0.717) is 29.4 Å². The molecule has 3 heterocycles. The Labute approximate surface area is 186 Å². The van der Waals surface area contributed by atoms with Gasteiger partial charge in [0, 0.05) is 43.4 Å². The minimum Gasteiger partial charge on any atom is -0.415 e. The Morgan fingerprint density at radius 1 is 0.969 bits per heavy atom. The molecule has 0 amide bonds. The fourth-order valence-electron chi connectivity index (χ4n) is 4.06. The zero-order chi connectivity index (χ0) is 22.5. The lowest BCUT2D eigenvalue weighted by Gasteiger charge is -2.27. The van der Waals surface area contributed by atoms with Gasteiger partial charge in [-0.1, -0.05) is 35.9 Å². The molecule has 164 valence electrons. The highest BCUT2D eigenvalue weighted by molar-refractivity contribution is 7.89. The van der Waals surface area contributed by atoms with E-state index in [2.05, 4.69) is 15.3 Å². The van der Waals surface area contributed by atoms with Crippen molar-refractivity contribution in [3.8, 4) is 23.0 Å². The maximum atomic E-state index is 13.3. The molecule has 4 aromatic rings. The van der Waals surface area contributed by atoms with Crippen LogP contribution in [0.15, 0.2) is 57.8 Å². The van der Waals surface area contributed by atoms with E-state index in [9.17, 15) is 8.42 Å². The van der Waals surface area contributed by atoms with Gasteiger partial charge in [0.05, 0.1) is 4.90 Å². The SMILES string of the molecule is Cc1ccc(-c2nnc(-c3nn(C)c4c3CN(S(=O)(=O)c3ccccc3C)CC4)o2)cc1. The molecule has 0 unspecified atom stereocenters. The summed E-state index contributed by atoms with van der Waals surface area (Å²) >= 11 is 0. The van der Waals surface area contributed by atoms with Crippen LogP contribution in [0.5, 0.6) is 0 Å². The van der Waals surface area contributed by atoms with E-state index in [-0.39, 0.29) is 12.4 Å². The van der Waals surface area contributed by atoms with Crippen LogP contribution in [-0.4, -0.2) is 39.2 Å². The molecule has 1 aliphatic rings. The standard InChI is InChI=1S/C23H23N5O3S/c1-15-8-10-17(11-9-15)22-24-25-23(31-22)21-18-14-28(13-12-19(18)27(3)26-21)32(29,30)20-7-5-4-6-16(20)2/h4-11H,12-14H2,1-3H3. The maximum Gasteiger partial charge on any atom is 0.268 e. The van der Waals surface area contributed by atoms with Crippen molar-refractivity contribution in [3.63, 3.8) is 0 Å². The molecule has 5 rings (SSSR count). The fraction of sp³-hybridized carbons (Fsp3) is 0.261. The lowest BCUT2D eigenvalue weighted by atomic mass is 10.1. The zero-order valence-corrected chi connectivity index (χ0v) is 18.9. The molecule has 0 bridgehead atoms. The van der Waals surface area contributed by atoms with Crippen molar-refractivity contribution < 1.29 is 12.8 Å². The Morgan fingerprint density at radius 3 is 2.44 bits per heavy atom. The maximum absolute atomic E-state index is 13.3. The minimum atomic E-state index is -3.64. The molecule has 32 heavy (non-hydrogen) atoms. The first-order valence-electron chi connectivity index (χ1n) is 10.4. The lowest BCUT2D eigenvalue weighted by molar-refractivity contribution is 0.385. The third-order valence-electron chi connectivity index (χ3n) is 5.84. The summed E-state index contributed by atoms with van der Waals surface area (Å²) in [4.78, 5) is 0.327. The summed E-state index contributed by atoms with van der Waals surface area (Å²) in [5.74, 6) is 0.687.